The first-order valence-corrected chi connectivity index (χ1v) is 6.14. The molecule has 0 heterocycles. The van der Waals surface area contributed by atoms with E-state index in [1.165, 1.54) is 0 Å². The standard InChI is InChI=1S/C12H17ClN2OS/c1-8(7-16-3)14-12(17)15-11-6-4-5-10(13)9(11)2/h4-6,8H,7H2,1-3H3,(H2,14,15,17). The van der Waals surface area contributed by atoms with Gasteiger partial charge in [-0.05, 0) is 43.8 Å². The minimum atomic E-state index is 0.166. The molecule has 0 bridgehead atoms. The second-order valence-corrected chi connectivity index (χ2v) is 4.68. The summed E-state index contributed by atoms with van der Waals surface area (Å²) in [6, 6.07) is 5.85. The highest BCUT2D eigenvalue weighted by Gasteiger charge is 2.06. The zero-order valence-electron chi connectivity index (χ0n) is 10.2. The van der Waals surface area contributed by atoms with E-state index < -0.39 is 0 Å². The van der Waals surface area contributed by atoms with Gasteiger partial charge in [0.2, 0.25) is 0 Å². The van der Waals surface area contributed by atoms with Gasteiger partial charge in [-0.25, -0.2) is 0 Å². The van der Waals surface area contributed by atoms with Crippen LogP contribution in [0.1, 0.15) is 12.5 Å². The van der Waals surface area contributed by atoms with E-state index >= 15 is 0 Å². The highest BCUT2D eigenvalue weighted by atomic mass is 35.5. The fraction of sp³-hybridized carbons (Fsp3) is 0.417. The molecule has 0 aliphatic rings. The van der Waals surface area contributed by atoms with Gasteiger partial charge >= 0.3 is 0 Å². The van der Waals surface area contributed by atoms with E-state index in [1.807, 2.05) is 32.0 Å². The second-order valence-electron chi connectivity index (χ2n) is 3.87. The SMILES string of the molecule is COCC(C)NC(=S)Nc1cccc(Cl)c1C. The van der Waals surface area contributed by atoms with Crippen molar-refractivity contribution in [2.75, 3.05) is 19.0 Å². The van der Waals surface area contributed by atoms with Gasteiger partial charge in [-0.3, -0.25) is 0 Å². The third-order valence-corrected chi connectivity index (χ3v) is 2.94. The average molecular weight is 273 g/mol. The molecule has 1 unspecified atom stereocenters. The van der Waals surface area contributed by atoms with Crippen molar-refractivity contribution in [1.29, 1.82) is 0 Å². The van der Waals surface area contributed by atoms with Gasteiger partial charge < -0.3 is 15.4 Å². The number of hydrogen-bond acceptors (Lipinski definition) is 2. The maximum atomic E-state index is 6.03. The summed E-state index contributed by atoms with van der Waals surface area (Å²) in [5, 5.41) is 7.54. The van der Waals surface area contributed by atoms with Gasteiger partial charge in [0.25, 0.3) is 0 Å². The highest BCUT2D eigenvalue weighted by molar-refractivity contribution is 7.80. The molecule has 0 saturated heterocycles. The predicted octanol–water partition coefficient (Wildman–Crippen LogP) is 2.97. The van der Waals surface area contributed by atoms with Gasteiger partial charge in [0.05, 0.1) is 6.61 Å². The largest absolute Gasteiger partial charge is 0.383 e. The van der Waals surface area contributed by atoms with Gasteiger partial charge in [-0.15, -0.1) is 0 Å². The van der Waals surface area contributed by atoms with Gasteiger partial charge in [0.15, 0.2) is 5.11 Å². The number of rotatable bonds is 4. The van der Waals surface area contributed by atoms with Gasteiger partial charge in [-0.2, -0.15) is 0 Å². The van der Waals surface area contributed by atoms with E-state index in [0.717, 1.165) is 16.3 Å². The highest BCUT2D eigenvalue weighted by Crippen LogP contribution is 2.22. The van der Waals surface area contributed by atoms with Crippen LogP contribution in [0.4, 0.5) is 5.69 Å². The number of thiocarbonyl (C=S) groups is 1. The molecule has 1 rings (SSSR count). The van der Waals surface area contributed by atoms with Crippen LogP contribution in [0.25, 0.3) is 0 Å². The van der Waals surface area contributed by atoms with Crippen molar-refractivity contribution < 1.29 is 4.74 Å². The summed E-state index contributed by atoms with van der Waals surface area (Å²) in [7, 11) is 1.66. The first-order chi connectivity index (χ1) is 8.04. The molecule has 0 fully saturated rings. The van der Waals surface area contributed by atoms with E-state index in [4.69, 9.17) is 28.6 Å². The summed E-state index contributed by atoms with van der Waals surface area (Å²) in [5.74, 6) is 0. The zero-order chi connectivity index (χ0) is 12.8. The van der Waals surface area contributed by atoms with Crippen molar-refractivity contribution in [3.8, 4) is 0 Å². The summed E-state index contributed by atoms with van der Waals surface area (Å²) in [6.07, 6.45) is 0. The van der Waals surface area contributed by atoms with E-state index in [1.54, 1.807) is 7.11 Å². The molecule has 0 saturated carbocycles. The van der Waals surface area contributed by atoms with Crippen LogP contribution in [-0.4, -0.2) is 24.9 Å². The molecule has 0 aliphatic carbocycles. The van der Waals surface area contributed by atoms with Crippen molar-refractivity contribution in [2.45, 2.75) is 19.9 Å². The molecule has 0 spiro atoms. The van der Waals surface area contributed by atoms with Crippen LogP contribution in [0, 0.1) is 6.92 Å². The normalized spacial score (nSPS) is 12.0. The minimum Gasteiger partial charge on any atom is -0.383 e. The lowest BCUT2D eigenvalue weighted by molar-refractivity contribution is 0.179. The molecule has 0 radical (unpaired) electrons. The Morgan fingerprint density at radius 3 is 2.88 bits per heavy atom. The Morgan fingerprint density at radius 2 is 2.24 bits per heavy atom. The molecule has 5 heteroatoms. The fourth-order valence-corrected chi connectivity index (χ4v) is 1.90. The lowest BCUT2D eigenvalue weighted by Gasteiger charge is -2.17. The monoisotopic (exact) mass is 272 g/mol. The first kappa shape index (κ1) is 14.2. The average Bonchev–Trinajstić information content (AvgIpc) is 2.25. The van der Waals surface area contributed by atoms with Crippen LogP contribution in [-0.2, 0) is 4.74 Å². The van der Waals surface area contributed by atoms with Crippen molar-refractivity contribution >= 4 is 34.6 Å². The number of nitrogens with one attached hydrogen (secondary N) is 2. The smallest absolute Gasteiger partial charge is 0.171 e. The molecule has 1 aromatic rings. The lowest BCUT2D eigenvalue weighted by atomic mass is 10.2. The van der Waals surface area contributed by atoms with Crippen LogP contribution in [0.2, 0.25) is 5.02 Å². The Kier molecular flexibility index (Phi) is 5.68. The van der Waals surface area contributed by atoms with Crippen LogP contribution in [0.15, 0.2) is 18.2 Å². The molecular weight excluding hydrogens is 256 g/mol. The van der Waals surface area contributed by atoms with Crippen molar-refractivity contribution in [2.24, 2.45) is 0 Å². The summed E-state index contributed by atoms with van der Waals surface area (Å²) >= 11 is 11.2. The molecule has 0 amide bonds. The first-order valence-electron chi connectivity index (χ1n) is 5.36. The molecule has 3 nitrogen and oxygen atoms in total. The van der Waals surface area contributed by atoms with Gasteiger partial charge in [-0.1, -0.05) is 17.7 Å². The maximum Gasteiger partial charge on any atom is 0.171 e. The van der Waals surface area contributed by atoms with Crippen LogP contribution >= 0.6 is 23.8 Å². The van der Waals surface area contributed by atoms with E-state index in [2.05, 4.69) is 10.6 Å². The molecule has 94 valence electrons. The zero-order valence-corrected chi connectivity index (χ0v) is 11.8. The molecule has 1 atom stereocenters. The van der Waals surface area contributed by atoms with Crippen molar-refractivity contribution in [3.05, 3.63) is 28.8 Å². The van der Waals surface area contributed by atoms with Crippen LogP contribution in [0.5, 0.6) is 0 Å². The Bertz CT molecular complexity index is 398. The number of anilines is 1. The maximum absolute atomic E-state index is 6.03. The Balaban J connectivity index is 2.59. The minimum absolute atomic E-state index is 0.166. The second kappa shape index (κ2) is 6.79. The summed E-state index contributed by atoms with van der Waals surface area (Å²) in [6.45, 7) is 4.56. The molecular formula is C12H17ClN2OS. The number of methoxy groups -OCH3 is 1. The predicted molar refractivity (Wildman–Crippen MR) is 76.9 cm³/mol. The van der Waals surface area contributed by atoms with E-state index in [0.29, 0.717) is 11.7 Å². The molecule has 0 aliphatic heterocycles. The van der Waals surface area contributed by atoms with Gasteiger partial charge in [0.1, 0.15) is 0 Å². The van der Waals surface area contributed by atoms with Crippen molar-refractivity contribution in [3.63, 3.8) is 0 Å². The van der Waals surface area contributed by atoms with E-state index in [9.17, 15) is 0 Å². The number of halogens is 1. The van der Waals surface area contributed by atoms with Crippen molar-refractivity contribution in [1.82, 2.24) is 5.32 Å². The summed E-state index contributed by atoms with van der Waals surface area (Å²) in [5.41, 5.74) is 1.90. The Morgan fingerprint density at radius 1 is 1.53 bits per heavy atom. The van der Waals surface area contributed by atoms with Crippen LogP contribution < -0.4 is 10.6 Å². The lowest BCUT2D eigenvalue weighted by Crippen LogP contribution is -2.38. The Hall–Kier alpha value is -0.840. The van der Waals surface area contributed by atoms with Crippen LogP contribution in [0.3, 0.4) is 0 Å². The Labute approximate surface area is 112 Å². The summed E-state index contributed by atoms with van der Waals surface area (Å²) < 4.78 is 5.03. The summed E-state index contributed by atoms with van der Waals surface area (Å²) in [4.78, 5) is 0. The topological polar surface area (TPSA) is 33.3 Å². The molecule has 2 N–H and O–H groups in total. The third-order valence-electron chi connectivity index (χ3n) is 2.31. The fourth-order valence-electron chi connectivity index (χ4n) is 1.42. The van der Waals surface area contributed by atoms with Gasteiger partial charge in [0, 0.05) is 23.9 Å². The number of benzene rings is 1. The number of hydrogen-bond donors (Lipinski definition) is 2. The van der Waals surface area contributed by atoms with E-state index in [-0.39, 0.29) is 6.04 Å². The molecule has 0 aromatic heterocycles. The molecule has 1 aromatic carbocycles. The quantitative estimate of drug-likeness (QED) is 0.826. The third kappa shape index (κ3) is 4.50. The molecule has 17 heavy (non-hydrogen) atoms. The number of ether oxygens (including phenoxy) is 1.